The first kappa shape index (κ1) is 9.55. The van der Waals surface area contributed by atoms with E-state index in [4.69, 9.17) is 16.0 Å². The molecule has 0 unspecified atom stereocenters. The molecule has 0 N–H and O–H groups in total. The Morgan fingerprint density at radius 2 is 2.36 bits per heavy atom. The van der Waals surface area contributed by atoms with Gasteiger partial charge in [0.05, 0.1) is 19.8 Å². The zero-order valence-electron chi connectivity index (χ0n) is 7.86. The van der Waals surface area contributed by atoms with Crippen LogP contribution in [-0.2, 0) is 11.3 Å². The minimum atomic E-state index is 0.141. The van der Waals surface area contributed by atoms with Crippen LogP contribution in [0.5, 0.6) is 0 Å². The molecule has 0 aromatic carbocycles. The number of amides is 1. The molecule has 1 aliphatic rings. The first-order chi connectivity index (χ1) is 6.65. The average molecular weight is 215 g/mol. The van der Waals surface area contributed by atoms with Crippen LogP contribution in [0.4, 0.5) is 0 Å². The number of likely N-dealkylation sites (N-methyl/N-ethyl adjacent to an activating group) is 1. The second-order valence-electron chi connectivity index (χ2n) is 3.43. The SMILES string of the molecule is CN1CN(Cc2ccc(Cl)o2)CC1=O. The molecule has 2 heterocycles. The van der Waals surface area contributed by atoms with Crippen molar-refractivity contribution in [2.45, 2.75) is 6.54 Å². The number of furan rings is 1. The Morgan fingerprint density at radius 3 is 2.86 bits per heavy atom. The second-order valence-corrected chi connectivity index (χ2v) is 3.80. The molecule has 0 aliphatic carbocycles. The molecule has 1 aromatic heterocycles. The molecule has 0 radical (unpaired) electrons. The summed E-state index contributed by atoms with van der Waals surface area (Å²) in [6.45, 7) is 1.73. The third-order valence-corrected chi connectivity index (χ3v) is 2.41. The molecule has 0 spiro atoms. The average Bonchev–Trinajstić information content (AvgIpc) is 2.62. The highest BCUT2D eigenvalue weighted by Gasteiger charge is 2.24. The van der Waals surface area contributed by atoms with Gasteiger partial charge in [-0.25, -0.2) is 0 Å². The lowest BCUT2D eigenvalue weighted by Gasteiger charge is -2.12. The molecule has 0 atom stereocenters. The van der Waals surface area contributed by atoms with Gasteiger partial charge >= 0.3 is 0 Å². The van der Waals surface area contributed by atoms with Crippen molar-refractivity contribution in [3.05, 3.63) is 23.1 Å². The second kappa shape index (κ2) is 3.63. The van der Waals surface area contributed by atoms with E-state index < -0.39 is 0 Å². The summed E-state index contributed by atoms with van der Waals surface area (Å²) < 4.78 is 5.21. The predicted octanol–water partition coefficient (Wildman–Crippen LogP) is 1.16. The van der Waals surface area contributed by atoms with Gasteiger partial charge in [-0.2, -0.15) is 0 Å². The van der Waals surface area contributed by atoms with Gasteiger partial charge in [0.25, 0.3) is 0 Å². The Bertz CT molecular complexity index is 350. The Balaban J connectivity index is 1.96. The number of carbonyl (C=O) groups is 1. The summed E-state index contributed by atoms with van der Waals surface area (Å²) in [6, 6.07) is 3.53. The number of rotatable bonds is 2. The van der Waals surface area contributed by atoms with E-state index in [0.29, 0.717) is 25.0 Å². The molecular formula is C9H11ClN2O2. The monoisotopic (exact) mass is 214 g/mol. The maximum absolute atomic E-state index is 11.2. The molecule has 1 fully saturated rings. The fourth-order valence-electron chi connectivity index (χ4n) is 1.50. The lowest BCUT2D eigenvalue weighted by atomic mass is 10.4. The maximum atomic E-state index is 11.2. The van der Waals surface area contributed by atoms with Crippen molar-refractivity contribution >= 4 is 17.5 Å². The summed E-state index contributed by atoms with van der Waals surface area (Å²) >= 11 is 5.64. The maximum Gasteiger partial charge on any atom is 0.237 e. The summed E-state index contributed by atoms with van der Waals surface area (Å²) in [6.07, 6.45) is 0. The number of hydrogen-bond donors (Lipinski definition) is 0. The van der Waals surface area contributed by atoms with Gasteiger partial charge < -0.3 is 9.32 Å². The fourth-order valence-corrected chi connectivity index (χ4v) is 1.67. The molecule has 0 bridgehead atoms. The van der Waals surface area contributed by atoms with Gasteiger partial charge in [0.15, 0.2) is 5.22 Å². The van der Waals surface area contributed by atoms with Crippen molar-refractivity contribution in [2.24, 2.45) is 0 Å². The summed E-state index contributed by atoms with van der Waals surface area (Å²) in [7, 11) is 1.79. The number of halogens is 1. The first-order valence-corrected chi connectivity index (χ1v) is 4.73. The third-order valence-electron chi connectivity index (χ3n) is 2.21. The van der Waals surface area contributed by atoms with Crippen molar-refractivity contribution in [2.75, 3.05) is 20.3 Å². The van der Waals surface area contributed by atoms with Crippen LogP contribution in [-0.4, -0.2) is 36.0 Å². The smallest absolute Gasteiger partial charge is 0.237 e. The topological polar surface area (TPSA) is 36.7 Å². The standard InChI is InChI=1S/C9H11ClN2O2/c1-11-6-12(5-9(11)13)4-7-2-3-8(10)14-7/h2-3H,4-6H2,1H3. The van der Waals surface area contributed by atoms with E-state index in [-0.39, 0.29) is 5.91 Å². The molecule has 1 saturated heterocycles. The van der Waals surface area contributed by atoms with Crippen molar-refractivity contribution < 1.29 is 9.21 Å². The summed E-state index contributed by atoms with van der Waals surface area (Å²) in [5, 5.41) is 0.388. The van der Waals surface area contributed by atoms with E-state index in [9.17, 15) is 4.79 Å². The summed E-state index contributed by atoms with van der Waals surface area (Å²) in [5.74, 6) is 0.931. The van der Waals surface area contributed by atoms with E-state index in [2.05, 4.69) is 0 Å². The predicted molar refractivity (Wildman–Crippen MR) is 51.8 cm³/mol. The number of hydrogen-bond acceptors (Lipinski definition) is 3. The minimum Gasteiger partial charge on any atom is -0.448 e. The van der Waals surface area contributed by atoms with Gasteiger partial charge in [0.1, 0.15) is 5.76 Å². The fraction of sp³-hybridized carbons (Fsp3) is 0.444. The molecule has 76 valence electrons. The highest BCUT2D eigenvalue weighted by molar-refractivity contribution is 6.28. The minimum absolute atomic E-state index is 0.141. The quantitative estimate of drug-likeness (QED) is 0.742. The molecular weight excluding hydrogens is 204 g/mol. The Hall–Kier alpha value is -1.00. The van der Waals surface area contributed by atoms with Crippen LogP contribution in [0.3, 0.4) is 0 Å². The lowest BCUT2D eigenvalue weighted by Crippen LogP contribution is -2.22. The van der Waals surface area contributed by atoms with Crippen molar-refractivity contribution in [1.29, 1.82) is 0 Å². The number of carbonyl (C=O) groups excluding carboxylic acids is 1. The Labute approximate surface area is 87.0 Å². The Kier molecular flexibility index (Phi) is 2.48. The van der Waals surface area contributed by atoms with E-state index >= 15 is 0 Å². The van der Waals surface area contributed by atoms with Gasteiger partial charge in [0, 0.05) is 7.05 Å². The Morgan fingerprint density at radius 1 is 1.57 bits per heavy atom. The molecule has 1 aromatic rings. The van der Waals surface area contributed by atoms with Crippen LogP contribution >= 0.6 is 11.6 Å². The normalized spacial score (nSPS) is 18.1. The van der Waals surface area contributed by atoms with E-state index in [0.717, 1.165) is 5.76 Å². The van der Waals surface area contributed by atoms with Gasteiger partial charge in [-0.3, -0.25) is 9.69 Å². The highest BCUT2D eigenvalue weighted by Crippen LogP contribution is 2.16. The van der Waals surface area contributed by atoms with E-state index in [1.165, 1.54) is 0 Å². The van der Waals surface area contributed by atoms with Crippen LogP contribution in [0.1, 0.15) is 5.76 Å². The van der Waals surface area contributed by atoms with Crippen molar-refractivity contribution in [3.8, 4) is 0 Å². The van der Waals surface area contributed by atoms with Gasteiger partial charge in [-0.1, -0.05) is 0 Å². The van der Waals surface area contributed by atoms with Gasteiger partial charge in [-0.15, -0.1) is 0 Å². The van der Waals surface area contributed by atoms with Crippen LogP contribution in [0, 0.1) is 0 Å². The molecule has 2 rings (SSSR count). The molecule has 4 nitrogen and oxygen atoms in total. The largest absolute Gasteiger partial charge is 0.448 e. The molecule has 1 aliphatic heterocycles. The summed E-state index contributed by atoms with van der Waals surface area (Å²) in [5.41, 5.74) is 0. The van der Waals surface area contributed by atoms with Crippen LogP contribution < -0.4 is 0 Å². The zero-order chi connectivity index (χ0) is 10.1. The van der Waals surface area contributed by atoms with Gasteiger partial charge in [-0.05, 0) is 23.7 Å². The van der Waals surface area contributed by atoms with Crippen LogP contribution in [0.2, 0.25) is 5.22 Å². The van der Waals surface area contributed by atoms with Crippen LogP contribution in [0.25, 0.3) is 0 Å². The van der Waals surface area contributed by atoms with E-state index in [1.54, 1.807) is 18.0 Å². The lowest BCUT2D eigenvalue weighted by molar-refractivity contribution is -0.125. The molecule has 14 heavy (non-hydrogen) atoms. The van der Waals surface area contributed by atoms with Crippen molar-refractivity contribution in [3.63, 3.8) is 0 Å². The van der Waals surface area contributed by atoms with E-state index in [1.807, 2.05) is 11.0 Å². The third kappa shape index (κ3) is 1.91. The molecule has 1 amide bonds. The van der Waals surface area contributed by atoms with Gasteiger partial charge in [0.2, 0.25) is 5.91 Å². The highest BCUT2D eigenvalue weighted by atomic mass is 35.5. The first-order valence-electron chi connectivity index (χ1n) is 4.35. The van der Waals surface area contributed by atoms with Crippen molar-refractivity contribution in [1.82, 2.24) is 9.80 Å². The van der Waals surface area contributed by atoms with Crippen LogP contribution in [0.15, 0.2) is 16.5 Å². The number of nitrogens with zero attached hydrogens (tertiary/aromatic N) is 2. The molecule has 0 saturated carbocycles. The zero-order valence-corrected chi connectivity index (χ0v) is 8.62. The summed E-state index contributed by atoms with van der Waals surface area (Å²) in [4.78, 5) is 14.9. The molecule has 5 heteroatoms.